The third-order valence-corrected chi connectivity index (χ3v) is 9.49. The van der Waals surface area contributed by atoms with Crippen LogP contribution in [0.2, 0.25) is 0 Å². The van der Waals surface area contributed by atoms with E-state index in [0.717, 1.165) is 85.5 Å². The Morgan fingerprint density at radius 1 is 1.05 bits per heavy atom. The number of anilines is 2. The number of likely N-dealkylation sites (tertiary alicyclic amines) is 1. The Hall–Kier alpha value is -3.78. The van der Waals surface area contributed by atoms with Crippen molar-refractivity contribution in [2.75, 3.05) is 56.2 Å². The van der Waals surface area contributed by atoms with Crippen LogP contribution in [0.3, 0.4) is 0 Å². The number of piperazine rings is 1. The second-order valence-electron chi connectivity index (χ2n) is 12.1. The predicted molar refractivity (Wildman–Crippen MR) is 159 cm³/mol. The molecule has 1 amide bonds. The average molecular weight is 592 g/mol. The number of hydrogen-bond acceptors (Lipinski definition) is 8. The monoisotopic (exact) mass is 591 g/mol. The highest BCUT2D eigenvalue weighted by molar-refractivity contribution is 5.91. The minimum atomic E-state index is -1.02. The van der Waals surface area contributed by atoms with Gasteiger partial charge in [0.1, 0.15) is 18.2 Å². The molecule has 0 radical (unpaired) electrons. The number of likely N-dealkylation sites (N-methyl/N-ethyl adjacent to an activating group) is 1. The molecular weight excluding hydrogens is 552 g/mol. The molecule has 0 N–H and O–H groups in total. The summed E-state index contributed by atoms with van der Waals surface area (Å²) >= 11 is 0. The van der Waals surface area contributed by atoms with E-state index in [-0.39, 0.29) is 18.8 Å². The maximum Gasteiger partial charge on any atom is 0.318 e. The number of carbonyl (C=O) groups is 1. The number of ether oxygens (including phenoxy) is 1. The Labute approximate surface area is 251 Å². The smallest absolute Gasteiger partial charge is 0.318 e. The van der Waals surface area contributed by atoms with E-state index < -0.39 is 17.8 Å². The minimum absolute atomic E-state index is 0.0730. The molecule has 0 spiro atoms. The van der Waals surface area contributed by atoms with Gasteiger partial charge in [-0.2, -0.15) is 15.2 Å². The molecule has 9 nitrogen and oxygen atoms in total. The van der Waals surface area contributed by atoms with Crippen LogP contribution in [0.5, 0.6) is 6.01 Å². The van der Waals surface area contributed by atoms with Crippen LogP contribution in [0, 0.1) is 17.1 Å². The molecule has 2 aromatic rings. The first-order valence-electron chi connectivity index (χ1n) is 15.4. The highest BCUT2D eigenvalue weighted by atomic mass is 19.1. The third-order valence-electron chi connectivity index (χ3n) is 9.49. The zero-order valence-corrected chi connectivity index (χ0v) is 24.8. The van der Waals surface area contributed by atoms with E-state index in [2.05, 4.69) is 34.4 Å². The summed E-state index contributed by atoms with van der Waals surface area (Å²) < 4.78 is 34.7. The van der Waals surface area contributed by atoms with Crippen molar-refractivity contribution < 1.29 is 18.3 Å². The lowest BCUT2D eigenvalue weighted by Crippen LogP contribution is -2.55. The normalized spacial score (nSPS) is 22.1. The van der Waals surface area contributed by atoms with E-state index in [1.807, 2.05) is 6.07 Å². The van der Waals surface area contributed by atoms with Gasteiger partial charge in [0.05, 0.1) is 30.8 Å². The zero-order valence-electron chi connectivity index (χ0n) is 24.8. The molecule has 4 heterocycles. The average Bonchev–Trinajstić information content (AvgIpc) is 3.43. The topological polar surface area (TPSA) is 88.8 Å². The molecule has 1 aliphatic carbocycles. The van der Waals surface area contributed by atoms with Crippen LogP contribution in [-0.2, 0) is 30.6 Å². The first kappa shape index (κ1) is 29.3. The van der Waals surface area contributed by atoms with E-state index in [4.69, 9.17) is 14.7 Å². The number of halogens is 2. The molecule has 43 heavy (non-hydrogen) atoms. The van der Waals surface area contributed by atoms with Gasteiger partial charge in [-0.05, 0) is 81.8 Å². The molecule has 1 aromatic heterocycles. The molecule has 0 unspecified atom stereocenters. The molecular formula is C32H39F2N7O2. The number of amides is 1. The minimum Gasteiger partial charge on any atom is -0.462 e. The van der Waals surface area contributed by atoms with Crippen molar-refractivity contribution in [1.82, 2.24) is 19.8 Å². The SMILES string of the molecule is C=C(F)C(=O)N1CCN(c2nc(OC[C@@H]3CCCN3C)nc3c2CCN(c2ccc(F)c4c2CCCC4)C3)C[C@@H]1CC#N. The molecule has 4 aliphatic rings. The van der Waals surface area contributed by atoms with E-state index in [1.165, 1.54) is 4.90 Å². The van der Waals surface area contributed by atoms with Gasteiger partial charge in [0, 0.05) is 43.5 Å². The Bertz CT molecular complexity index is 1440. The Kier molecular flexibility index (Phi) is 8.48. The third kappa shape index (κ3) is 5.90. The lowest BCUT2D eigenvalue weighted by molar-refractivity contribution is -0.131. The van der Waals surface area contributed by atoms with Crippen molar-refractivity contribution in [2.24, 2.45) is 0 Å². The quantitative estimate of drug-likeness (QED) is 0.448. The molecule has 2 atom stereocenters. The summed E-state index contributed by atoms with van der Waals surface area (Å²) in [5.74, 6) is -1.16. The standard InChI is InChI=1S/C32H39F2N7O2/c1-21(33)31(42)41-17-16-40(18-22(41)11-13-35)30-26-12-15-39(29-10-9-27(34)24-7-3-4-8-25(24)29)19-28(26)36-32(37-30)43-20-23-6-5-14-38(23)2/h9-10,22-23H,1,3-8,11-12,14-20H2,2H3/t22-,23-/m0/s1. The number of nitriles is 1. The van der Waals surface area contributed by atoms with Crippen LogP contribution in [-0.4, -0.2) is 84.1 Å². The fourth-order valence-corrected chi connectivity index (χ4v) is 7.13. The van der Waals surface area contributed by atoms with Gasteiger partial charge in [-0.25, -0.2) is 8.78 Å². The highest BCUT2D eigenvalue weighted by Gasteiger charge is 2.35. The van der Waals surface area contributed by atoms with E-state index in [9.17, 15) is 18.8 Å². The summed E-state index contributed by atoms with van der Waals surface area (Å²) in [4.78, 5) is 30.4. The second-order valence-corrected chi connectivity index (χ2v) is 12.1. The molecule has 6 rings (SSSR count). The van der Waals surface area contributed by atoms with Crippen LogP contribution in [0.1, 0.15) is 54.5 Å². The van der Waals surface area contributed by atoms with Crippen molar-refractivity contribution in [3.05, 3.63) is 52.7 Å². The van der Waals surface area contributed by atoms with Crippen LogP contribution in [0.25, 0.3) is 0 Å². The van der Waals surface area contributed by atoms with Gasteiger partial charge < -0.3 is 24.3 Å². The number of aromatic nitrogens is 2. The number of nitrogens with zero attached hydrogens (tertiary/aromatic N) is 7. The number of rotatable bonds is 7. The fourth-order valence-electron chi connectivity index (χ4n) is 7.13. The Morgan fingerprint density at radius 3 is 2.60 bits per heavy atom. The number of benzene rings is 1. The van der Waals surface area contributed by atoms with Gasteiger partial charge in [-0.15, -0.1) is 0 Å². The van der Waals surface area contributed by atoms with Crippen LogP contribution >= 0.6 is 0 Å². The lowest BCUT2D eigenvalue weighted by Gasteiger charge is -2.42. The molecule has 0 bridgehead atoms. The van der Waals surface area contributed by atoms with Crippen LogP contribution in [0.15, 0.2) is 24.5 Å². The maximum absolute atomic E-state index is 14.7. The number of fused-ring (bicyclic) bond motifs is 2. The van der Waals surface area contributed by atoms with Crippen LogP contribution < -0.4 is 14.5 Å². The van der Waals surface area contributed by atoms with Gasteiger partial charge in [0.15, 0.2) is 5.83 Å². The summed E-state index contributed by atoms with van der Waals surface area (Å²) in [5.41, 5.74) is 4.91. The first-order chi connectivity index (χ1) is 20.8. The first-order valence-corrected chi connectivity index (χ1v) is 15.4. The largest absolute Gasteiger partial charge is 0.462 e. The number of hydrogen-bond donors (Lipinski definition) is 0. The zero-order chi connectivity index (χ0) is 30.1. The van der Waals surface area contributed by atoms with E-state index >= 15 is 0 Å². The highest BCUT2D eigenvalue weighted by Crippen LogP contribution is 2.37. The maximum atomic E-state index is 14.7. The van der Waals surface area contributed by atoms with Crippen LogP contribution in [0.4, 0.5) is 20.3 Å². The Balaban J connectivity index is 1.32. The van der Waals surface area contributed by atoms with Gasteiger partial charge in [0.25, 0.3) is 5.91 Å². The lowest BCUT2D eigenvalue weighted by atomic mass is 9.89. The molecule has 2 fully saturated rings. The van der Waals surface area contributed by atoms with Crippen molar-refractivity contribution in [3.63, 3.8) is 0 Å². The summed E-state index contributed by atoms with van der Waals surface area (Å²) in [5, 5.41) is 9.48. The molecule has 0 saturated carbocycles. The molecule has 1 aromatic carbocycles. The predicted octanol–water partition coefficient (Wildman–Crippen LogP) is 3.94. The summed E-state index contributed by atoms with van der Waals surface area (Å²) in [6, 6.07) is 5.76. The van der Waals surface area contributed by atoms with Crippen molar-refractivity contribution in [3.8, 4) is 12.1 Å². The fraction of sp³-hybridized carbons (Fsp3) is 0.562. The summed E-state index contributed by atoms with van der Waals surface area (Å²) in [7, 11) is 2.10. The van der Waals surface area contributed by atoms with Gasteiger partial charge in [0.2, 0.25) is 0 Å². The number of carbonyl (C=O) groups excluding carboxylic acids is 1. The summed E-state index contributed by atoms with van der Waals surface area (Å²) in [6.07, 6.45) is 6.66. The molecule has 228 valence electrons. The molecule has 3 aliphatic heterocycles. The van der Waals surface area contributed by atoms with Gasteiger partial charge in [-0.1, -0.05) is 6.58 Å². The van der Waals surface area contributed by atoms with E-state index in [1.54, 1.807) is 6.07 Å². The van der Waals surface area contributed by atoms with Crippen molar-refractivity contribution in [1.29, 1.82) is 5.26 Å². The van der Waals surface area contributed by atoms with Gasteiger partial charge in [-0.3, -0.25) is 4.79 Å². The Morgan fingerprint density at radius 2 is 1.86 bits per heavy atom. The van der Waals surface area contributed by atoms with Gasteiger partial charge >= 0.3 is 6.01 Å². The molecule has 11 heteroatoms. The second kappa shape index (κ2) is 12.4. The van der Waals surface area contributed by atoms with Crippen molar-refractivity contribution >= 4 is 17.4 Å². The summed E-state index contributed by atoms with van der Waals surface area (Å²) in [6.45, 7) is 7.01. The van der Waals surface area contributed by atoms with E-state index in [0.29, 0.717) is 44.7 Å². The van der Waals surface area contributed by atoms with Crippen molar-refractivity contribution in [2.45, 2.75) is 70.0 Å². The molecule has 2 saturated heterocycles.